The Balaban J connectivity index is 1.87. The van der Waals surface area contributed by atoms with Crippen molar-refractivity contribution in [2.24, 2.45) is 17.1 Å². The summed E-state index contributed by atoms with van der Waals surface area (Å²) in [5.74, 6) is 0.552. The van der Waals surface area contributed by atoms with Crippen LogP contribution in [-0.4, -0.2) is 25.0 Å². The zero-order valence-corrected chi connectivity index (χ0v) is 17.1. The van der Waals surface area contributed by atoms with Gasteiger partial charge in [0.2, 0.25) is 0 Å². The zero-order valence-electron chi connectivity index (χ0n) is 17.1. The number of ether oxygens (including phenoxy) is 1. The van der Waals surface area contributed by atoms with E-state index in [1.54, 1.807) is 0 Å². The summed E-state index contributed by atoms with van der Waals surface area (Å²) >= 11 is 0. The van der Waals surface area contributed by atoms with Crippen LogP contribution in [0.2, 0.25) is 0 Å². The average molecular weight is 407 g/mol. The van der Waals surface area contributed by atoms with Crippen LogP contribution in [0.1, 0.15) is 11.5 Å². The predicted octanol–water partition coefficient (Wildman–Crippen LogP) is 3.83. The van der Waals surface area contributed by atoms with Gasteiger partial charge in [-0.2, -0.15) is 15.8 Å². The Morgan fingerprint density at radius 2 is 1.74 bits per heavy atom. The largest absolute Gasteiger partial charge is 0.457 e. The van der Waals surface area contributed by atoms with Gasteiger partial charge in [0.25, 0.3) is 0 Å². The number of hydrogen-bond donors (Lipinski definition) is 1. The van der Waals surface area contributed by atoms with Gasteiger partial charge in [-0.15, -0.1) is 0 Å². The quantitative estimate of drug-likeness (QED) is 0.828. The maximum absolute atomic E-state index is 10.2. The number of hydrogen-bond acceptors (Lipinski definition) is 6. The van der Waals surface area contributed by atoms with Gasteiger partial charge in [-0.1, -0.05) is 36.4 Å². The fraction of sp³-hybridized carbons (Fsp3) is 0.240. The molecule has 1 aliphatic carbocycles. The van der Waals surface area contributed by atoms with Gasteiger partial charge in [-0.05, 0) is 42.4 Å². The Bertz CT molecular complexity index is 1180. The highest BCUT2D eigenvalue weighted by molar-refractivity contribution is 5.59. The van der Waals surface area contributed by atoms with Crippen molar-refractivity contribution in [3.05, 3.63) is 83.1 Å². The van der Waals surface area contributed by atoms with E-state index in [4.69, 9.17) is 10.5 Å². The maximum atomic E-state index is 10.2. The fourth-order valence-electron chi connectivity index (χ4n) is 4.60. The number of fused-ring (bicyclic) bond motifs is 1. The molecule has 1 heterocycles. The Morgan fingerprint density at radius 3 is 2.42 bits per heavy atom. The number of allylic oxidation sites excluding steroid dienone is 2. The first-order chi connectivity index (χ1) is 15.0. The number of nitriles is 3. The standard InChI is InChI=1S/C25H21N5O/c1-30-11-10-20-21(13-26)24(29)25(15-27,16-28)23(22(20)14-30)17-6-5-9-19(12-17)31-18-7-3-2-4-8-18/h2-10,12,22-23H,11,14,29H2,1H3/t22-,23-/m1/s1. The van der Waals surface area contributed by atoms with Gasteiger partial charge >= 0.3 is 0 Å². The van der Waals surface area contributed by atoms with Gasteiger partial charge in [0.1, 0.15) is 17.6 Å². The predicted molar refractivity (Wildman–Crippen MR) is 115 cm³/mol. The van der Waals surface area contributed by atoms with Gasteiger partial charge < -0.3 is 15.4 Å². The molecule has 0 fully saturated rings. The van der Waals surface area contributed by atoms with Crippen molar-refractivity contribution < 1.29 is 4.74 Å². The molecule has 6 heteroatoms. The Hall–Kier alpha value is -4.05. The normalized spacial score (nSPS) is 22.3. The molecule has 31 heavy (non-hydrogen) atoms. The average Bonchev–Trinajstić information content (AvgIpc) is 2.79. The molecule has 2 atom stereocenters. The molecule has 0 spiro atoms. The van der Waals surface area contributed by atoms with Crippen LogP contribution in [0.15, 0.2) is 77.5 Å². The number of nitrogens with two attached hydrogens (primary N) is 1. The molecule has 2 aromatic rings. The first-order valence-electron chi connectivity index (χ1n) is 9.98. The van der Waals surface area contributed by atoms with Crippen molar-refractivity contribution in [1.82, 2.24) is 4.90 Å². The Kier molecular flexibility index (Phi) is 5.22. The molecule has 152 valence electrons. The molecule has 0 unspecified atom stereocenters. The second-order valence-electron chi connectivity index (χ2n) is 7.88. The molecule has 2 aliphatic rings. The van der Waals surface area contributed by atoms with Gasteiger partial charge in [-0.3, -0.25) is 0 Å². The van der Waals surface area contributed by atoms with Crippen LogP contribution in [0, 0.1) is 45.3 Å². The molecule has 1 aliphatic heterocycles. The zero-order chi connectivity index (χ0) is 22.0. The number of rotatable bonds is 3. The van der Waals surface area contributed by atoms with Crippen molar-refractivity contribution in [3.63, 3.8) is 0 Å². The highest BCUT2D eigenvalue weighted by Crippen LogP contribution is 2.54. The topological polar surface area (TPSA) is 110 Å². The lowest BCUT2D eigenvalue weighted by Gasteiger charge is -2.45. The molecule has 2 aromatic carbocycles. The van der Waals surface area contributed by atoms with E-state index >= 15 is 0 Å². The molecule has 0 saturated heterocycles. The molecule has 0 radical (unpaired) electrons. The van der Waals surface area contributed by atoms with Crippen LogP contribution >= 0.6 is 0 Å². The van der Waals surface area contributed by atoms with E-state index in [0.29, 0.717) is 24.6 Å². The van der Waals surface area contributed by atoms with E-state index in [2.05, 4.69) is 23.1 Å². The van der Waals surface area contributed by atoms with Crippen LogP contribution in [0.3, 0.4) is 0 Å². The summed E-state index contributed by atoms with van der Waals surface area (Å²) in [6.07, 6.45) is 1.98. The summed E-state index contributed by atoms with van der Waals surface area (Å²) in [6.45, 7) is 1.30. The highest BCUT2D eigenvalue weighted by Gasteiger charge is 2.54. The monoisotopic (exact) mass is 407 g/mol. The minimum Gasteiger partial charge on any atom is -0.457 e. The summed E-state index contributed by atoms with van der Waals surface area (Å²) in [5, 5.41) is 30.1. The molecular formula is C25H21N5O. The third kappa shape index (κ3) is 3.32. The van der Waals surface area contributed by atoms with Crippen LogP contribution in [-0.2, 0) is 0 Å². The minimum absolute atomic E-state index is 0.0337. The minimum atomic E-state index is -1.64. The molecule has 0 aromatic heterocycles. The molecule has 4 rings (SSSR count). The lowest BCUT2D eigenvalue weighted by Crippen LogP contribution is -2.47. The third-order valence-corrected chi connectivity index (χ3v) is 6.04. The molecule has 0 bridgehead atoms. The van der Waals surface area contributed by atoms with Crippen LogP contribution < -0.4 is 10.5 Å². The number of nitrogens with zero attached hydrogens (tertiary/aromatic N) is 4. The van der Waals surface area contributed by atoms with Gasteiger partial charge in [0.05, 0.1) is 23.4 Å². The number of likely N-dealkylation sites (N-methyl/N-ethyl adjacent to an activating group) is 1. The summed E-state index contributed by atoms with van der Waals surface area (Å²) < 4.78 is 5.99. The fourth-order valence-corrected chi connectivity index (χ4v) is 4.60. The van der Waals surface area contributed by atoms with E-state index in [1.165, 1.54) is 0 Å². The second kappa shape index (κ2) is 8.00. The van der Waals surface area contributed by atoms with Gasteiger partial charge in [0, 0.05) is 24.9 Å². The molecule has 6 nitrogen and oxygen atoms in total. The number of para-hydroxylation sites is 1. The maximum Gasteiger partial charge on any atom is 0.191 e. The van der Waals surface area contributed by atoms with Crippen molar-refractivity contribution in [2.45, 2.75) is 5.92 Å². The van der Waals surface area contributed by atoms with Crippen molar-refractivity contribution >= 4 is 0 Å². The van der Waals surface area contributed by atoms with Crippen molar-refractivity contribution in [2.75, 3.05) is 20.1 Å². The molecule has 0 amide bonds. The highest BCUT2D eigenvalue weighted by atomic mass is 16.5. The molecule has 2 N–H and O–H groups in total. The SMILES string of the molecule is CN1CC=C2C(C#N)=C(N)C(C#N)(C#N)[C@H](c3cccc(Oc4ccccc4)c3)[C@@H]2C1. The van der Waals surface area contributed by atoms with Crippen LogP contribution in [0.4, 0.5) is 0 Å². The van der Waals surface area contributed by atoms with Crippen molar-refractivity contribution in [1.29, 1.82) is 15.8 Å². The van der Waals surface area contributed by atoms with Gasteiger partial charge in [-0.25, -0.2) is 0 Å². The summed E-state index contributed by atoms with van der Waals surface area (Å²) in [7, 11) is 1.98. The van der Waals surface area contributed by atoms with E-state index in [9.17, 15) is 15.8 Å². The second-order valence-corrected chi connectivity index (χ2v) is 7.88. The summed E-state index contributed by atoms with van der Waals surface area (Å²) in [5.41, 5.74) is 6.60. The van der Waals surface area contributed by atoms with E-state index in [-0.39, 0.29) is 17.2 Å². The molecule has 0 saturated carbocycles. The number of benzene rings is 2. The first kappa shape index (κ1) is 20.2. The van der Waals surface area contributed by atoms with E-state index in [1.807, 2.05) is 67.7 Å². The first-order valence-corrected chi connectivity index (χ1v) is 9.98. The third-order valence-electron chi connectivity index (χ3n) is 6.04. The lowest BCUT2D eigenvalue weighted by molar-refractivity contribution is 0.237. The summed E-state index contributed by atoms with van der Waals surface area (Å²) in [4.78, 5) is 2.11. The van der Waals surface area contributed by atoms with Crippen molar-refractivity contribution in [3.8, 4) is 29.7 Å². The van der Waals surface area contributed by atoms with E-state index < -0.39 is 11.3 Å². The molecular weight excluding hydrogens is 386 g/mol. The van der Waals surface area contributed by atoms with Gasteiger partial charge in [0.15, 0.2) is 5.41 Å². The summed E-state index contributed by atoms with van der Waals surface area (Å²) in [6, 6.07) is 23.3. The Labute approximate surface area is 181 Å². The lowest BCUT2D eigenvalue weighted by atomic mass is 9.58. The van der Waals surface area contributed by atoms with E-state index in [0.717, 1.165) is 11.1 Å². The van der Waals surface area contributed by atoms with Crippen LogP contribution in [0.25, 0.3) is 0 Å². The smallest absolute Gasteiger partial charge is 0.191 e. The Morgan fingerprint density at radius 1 is 1.03 bits per heavy atom. The van der Waals surface area contributed by atoms with Crippen LogP contribution in [0.5, 0.6) is 11.5 Å².